The lowest BCUT2D eigenvalue weighted by molar-refractivity contribution is 0.0635. The topological polar surface area (TPSA) is 26.7 Å². The fraction of sp³-hybridized carbons (Fsp3) is 0.600. The zero-order valence-corrected chi connectivity index (χ0v) is 11.6. The highest BCUT2D eigenvalue weighted by Crippen LogP contribution is 2.25. The van der Waals surface area contributed by atoms with Crippen molar-refractivity contribution in [1.82, 2.24) is 9.80 Å². The van der Waals surface area contributed by atoms with E-state index >= 15 is 0 Å². The number of benzene rings is 1. The van der Waals surface area contributed by atoms with Crippen molar-refractivity contribution in [2.45, 2.75) is 32.9 Å². The lowest BCUT2D eigenvalue weighted by atomic mass is 10.0. The van der Waals surface area contributed by atoms with Crippen LogP contribution in [0.1, 0.15) is 32.4 Å². The highest BCUT2D eigenvalue weighted by atomic mass is 16.3. The maximum Gasteiger partial charge on any atom is 0.115 e. The Labute approximate surface area is 110 Å². The summed E-state index contributed by atoms with van der Waals surface area (Å²) < 4.78 is 0. The van der Waals surface area contributed by atoms with Crippen molar-refractivity contribution >= 4 is 0 Å². The zero-order chi connectivity index (χ0) is 13.1. The van der Waals surface area contributed by atoms with Crippen LogP contribution in [0.5, 0.6) is 5.75 Å². The van der Waals surface area contributed by atoms with E-state index in [1.54, 1.807) is 6.07 Å². The predicted octanol–water partition coefficient (Wildman–Crippen LogP) is 2.48. The fourth-order valence-corrected chi connectivity index (χ4v) is 2.84. The second kappa shape index (κ2) is 5.72. The quantitative estimate of drug-likeness (QED) is 0.890. The molecule has 100 valence electrons. The van der Waals surface area contributed by atoms with E-state index in [1.165, 1.54) is 5.56 Å². The number of likely N-dealkylation sites (N-methyl/N-ethyl adjacent to an activating group) is 1. The molecule has 1 aromatic rings. The number of hydrogen-bond acceptors (Lipinski definition) is 3. The smallest absolute Gasteiger partial charge is 0.115 e. The van der Waals surface area contributed by atoms with Gasteiger partial charge in [0.25, 0.3) is 0 Å². The van der Waals surface area contributed by atoms with E-state index in [0.29, 0.717) is 17.8 Å². The van der Waals surface area contributed by atoms with Gasteiger partial charge in [-0.1, -0.05) is 19.1 Å². The minimum absolute atomic E-state index is 0.361. The summed E-state index contributed by atoms with van der Waals surface area (Å²) in [7, 11) is 0. The third kappa shape index (κ3) is 2.85. The first-order valence-corrected chi connectivity index (χ1v) is 6.89. The third-order valence-corrected chi connectivity index (χ3v) is 4.10. The summed E-state index contributed by atoms with van der Waals surface area (Å²) in [6.45, 7) is 11.2. The van der Waals surface area contributed by atoms with E-state index in [0.717, 1.165) is 26.2 Å². The Morgan fingerprint density at radius 3 is 2.78 bits per heavy atom. The van der Waals surface area contributed by atoms with Gasteiger partial charge in [-0.05, 0) is 38.1 Å². The molecule has 1 saturated heterocycles. The Morgan fingerprint density at radius 2 is 2.17 bits per heavy atom. The van der Waals surface area contributed by atoms with Crippen LogP contribution in [0, 0.1) is 0 Å². The van der Waals surface area contributed by atoms with Crippen molar-refractivity contribution in [2.75, 3.05) is 26.2 Å². The predicted molar refractivity (Wildman–Crippen MR) is 74.8 cm³/mol. The van der Waals surface area contributed by atoms with Gasteiger partial charge in [0, 0.05) is 31.7 Å². The molecule has 3 heteroatoms. The Hall–Kier alpha value is -1.06. The molecule has 0 radical (unpaired) electrons. The van der Waals surface area contributed by atoms with Crippen LogP contribution < -0.4 is 0 Å². The number of nitrogens with zero attached hydrogens (tertiary/aromatic N) is 2. The van der Waals surface area contributed by atoms with Crippen molar-refractivity contribution in [2.24, 2.45) is 0 Å². The molecule has 1 heterocycles. The summed E-state index contributed by atoms with van der Waals surface area (Å²) in [6.07, 6.45) is 0. The van der Waals surface area contributed by atoms with Crippen LogP contribution >= 0.6 is 0 Å². The maximum absolute atomic E-state index is 9.57. The van der Waals surface area contributed by atoms with Gasteiger partial charge in [0.15, 0.2) is 0 Å². The van der Waals surface area contributed by atoms with Crippen molar-refractivity contribution in [3.63, 3.8) is 0 Å². The molecule has 1 aliphatic heterocycles. The standard InChI is InChI=1S/C15H24N2O/c1-4-16-8-9-17(11-12(16)2)13(3)14-6-5-7-15(18)10-14/h5-7,10,12-13,18H,4,8-9,11H2,1-3H3. The van der Waals surface area contributed by atoms with E-state index in [4.69, 9.17) is 0 Å². The van der Waals surface area contributed by atoms with Crippen LogP contribution in [0.15, 0.2) is 24.3 Å². The van der Waals surface area contributed by atoms with E-state index < -0.39 is 0 Å². The van der Waals surface area contributed by atoms with Gasteiger partial charge in [-0.3, -0.25) is 9.80 Å². The van der Waals surface area contributed by atoms with Crippen LogP contribution in [0.2, 0.25) is 0 Å². The summed E-state index contributed by atoms with van der Waals surface area (Å²) in [5.41, 5.74) is 1.20. The van der Waals surface area contributed by atoms with Crippen LogP contribution in [0.4, 0.5) is 0 Å². The monoisotopic (exact) mass is 248 g/mol. The maximum atomic E-state index is 9.57. The van der Waals surface area contributed by atoms with Crippen LogP contribution in [-0.4, -0.2) is 47.1 Å². The molecule has 0 bridgehead atoms. The molecule has 2 rings (SSSR count). The summed E-state index contributed by atoms with van der Waals surface area (Å²) in [4.78, 5) is 5.03. The molecule has 18 heavy (non-hydrogen) atoms. The van der Waals surface area contributed by atoms with Crippen molar-refractivity contribution in [3.8, 4) is 5.75 Å². The van der Waals surface area contributed by atoms with Gasteiger partial charge >= 0.3 is 0 Å². The van der Waals surface area contributed by atoms with E-state index in [9.17, 15) is 5.11 Å². The molecule has 0 spiro atoms. The van der Waals surface area contributed by atoms with E-state index in [-0.39, 0.29) is 0 Å². The lowest BCUT2D eigenvalue weighted by Crippen LogP contribution is -2.52. The summed E-state index contributed by atoms with van der Waals surface area (Å²) in [6, 6.07) is 8.62. The van der Waals surface area contributed by atoms with Gasteiger partial charge in [-0.25, -0.2) is 0 Å². The molecule has 0 saturated carbocycles. The number of phenolic OH excluding ortho intramolecular Hbond substituents is 1. The van der Waals surface area contributed by atoms with Gasteiger partial charge in [0.2, 0.25) is 0 Å². The number of rotatable bonds is 3. The van der Waals surface area contributed by atoms with Crippen molar-refractivity contribution in [3.05, 3.63) is 29.8 Å². The van der Waals surface area contributed by atoms with Crippen molar-refractivity contribution < 1.29 is 5.11 Å². The van der Waals surface area contributed by atoms with Gasteiger partial charge in [0.1, 0.15) is 5.75 Å². The van der Waals surface area contributed by atoms with Crippen LogP contribution in [0.25, 0.3) is 0 Å². The number of piperazine rings is 1. The van der Waals surface area contributed by atoms with Gasteiger partial charge in [-0.2, -0.15) is 0 Å². The van der Waals surface area contributed by atoms with Crippen LogP contribution in [0.3, 0.4) is 0 Å². The van der Waals surface area contributed by atoms with E-state index in [2.05, 4.69) is 36.6 Å². The molecular formula is C15H24N2O. The molecule has 3 nitrogen and oxygen atoms in total. The average molecular weight is 248 g/mol. The van der Waals surface area contributed by atoms with Gasteiger partial charge in [0.05, 0.1) is 0 Å². The van der Waals surface area contributed by atoms with Gasteiger partial charge < -0.3 is 5.11 Å². The lowest BCUT2D eigenvalue weighted by Gasteiger charge is -2.42. The Kier molecular flexibility index (Phi) is 4.25. The Balaban J connectivity index is 2.04. The second-order valence-corrected chi connectivity index (χ2v) is 5.24. The third-order valence-electron chi connectivity index (χ3n) is 4.10. The van der Waals surface area contributed by atoms with Crippen LogP contribution in [-0.2, 0) is 0 Å². The fourth-order valence-electron chi connectivity index (χ4n) is 2.84. The SMILES string of the molecule is CCN1CCN(C(C)c2cccc(O)c2)CC1C. The molecule has 1 fully saturated rings. The first kappa shape index (κ1) is 13.4. The molecule has 2 unspecified atom stereocenters. The largest absolute Gasteiger partial charge is 0.508 e. The molecule has 2 atom stereocenters. The minimum Gasteiger partial charge on any atom is -0.508 e. The van der Waals surface area contributed by atoms with E-state index in [1.807, 2.05) is 12.1 Å². The average Bonchev–Trinajstić information content (AvgIpc) is 2.37. The first-order chi connectivity index (χ1) is 8.61. The summed E-state index contributed by atoms with van der Waals surface area (Å²) in [5.74, 6) is 0.361. The molecule has 0 amide bonds. The second-order valence-electron chi connectivity index (χ2n) is 5.24. The molecule has 0 aromatic heterocycles. The normalized spacial score (nSPS) is 24.1. The Bertz CT molecular complexity index is 394. The number of hydrogen-bond donors (Lipinski definition) is 1. The summed E-state index contributed by atoms with van der Waals surface area (Å²) >= 11 is 0. The summed E-state index contributed by atoms with van der Waals surface area (Å²) in [5, 5.41) is 9.57. The number of aromatic hydroxyl groups is 1. The molecule has 0 aliphatic carbocycles. The zero-order valence-electron chi connectivity index (χ0n) is 11.6. The molecule has 1 aromatic carbocycles. The molecule has 1 N–H and O–H groups in total. The highest BCUT2D eigenvalue weighted by molar-refractivity contribution is 5.29. The van der Waals surface area contributed by atoms with Gasteiger partial charge in [-0.15, -0.1) is 0 Å². The Morgan fingerprint density at radius 1 is 1.39 bits per heavy atom. The highest BCUT2D eigenvalue weighted by Gasteiger charge is 2.26. The molecular weight excluding hydrogens is 224 g/mol. The van der Waals surface area contributed by atoms with Crippen molar-refractivity contribution in [1.29, 1.82) is 0 Å². The minimum atomic E-state index is 0.361. The number of phenols is 1. The first-order valence-electron chi connectivity index (χ1n) is 6.89. The molecule has 1 aliphatic rings.